The fraction of sp³-hybridized carbons (Fsp3) is 0.407. The summed E-state index contributed by atoms with van der Waals surface area (Å²) in [7, 11) is 0. The van der Waals surface area contributed by atoms with Gasteiger partial charge in [0.05, 0.1) is 0 Å². The van der Waals surface area contributed by atoms with E-state index in [4.69, 9.17) is 0 Å². The number of hydrogen-bond acceptors (Lipinski definition) is 0. The van der Waals surface area contributed by atoms with Crippen molar-refractivity contribution in [3.8, 4) is 22.3 Å². The summed E-state index contributed by atoms with van der Waals surface area (Å²) in [5, 5.41) is 5.69. The van der Waals surface area contributed by atoms with Crippen molar-refractivity contribution in [2.24, 2.45) is 22.7 Å². The first-order valence-electron chi connectivity index (χ1n) is 21.1. The second-order valence-corrected chi connectivity index (χ2v) is 18.5. The van der Waals surface area contributed by atoms with E-state index in [0.29, 0.717) is 22.7 Å². The van der Waals surface area contributed by atoms with Crippen LogP contribution in [0.3, 0.4) is 0 Å². The third kappa shape index (κ3) is 10.1. The molecule has 4 saturated carbocycles. The normalized spacial score (nSPS) is 22.3. The standard InChI is InChI=1S/2C26H29.2CH3.2ClH.Si.Zr/c2*1-18(2)21-6-8-22(9-7-21)24-5-3-4-23-14-20(15-25(23)24)17-26-12-10-19(16-26)11-13-26;;;;;;/h2*3-9,14-15,18-19H,10-13,16-17H2,1-2H3;2*1H3;2*1H;;/q4*-1;;;;. The van der Waals surface area contributed by atoms with Crippen molar-refractivity contribution in [1.82, 2.24) is 0 Å². The van der Waals surface area contributed by atoms with Crippen LogP contribution in [0, 0.1) is 37.5 Å². The summed E-state index contributed by atoms with van der Waals surface area (Å²) in [6, 6.07) is 41.8. The summed E-state index contributed by atoms with van der Waals surface area (Å²) >= 11 is 1.36. The van der Waals surface area contributed by atoms with E-state index in [1.807, 2.05) is 0 Å². The summed E-state index contributed by atoms with van der Waals surface area (Å²) in [6.45, 7) is 12.1. The van der Waals surface area contributed by atoms with Gasteiger partial charge in [0.25, 0.3) is 0 Å². The maximum absolute atomic E-state index is 3.06. The van der Waals surface area contributed by atoms with Gasteiger partial charge in [0, 0.05) is 0 Å². The third-order valence-electron chi connectivity index (χ3n) is 14.3. The average Bonchev–Trinajstić information content (AvgIpc) is 4.06. The molecule has 2 radical (unpaired) electrons. The van der Waals surface area contributed by atoms with E-state index in [1.165, 1.54) is 155 Å². The zero-order valence-electron chi connectivity index (χ0n) is 36.0. The van der Waals surface area contributed by atoms with Gasteiger partial charge in [-0.2, -0.15) is 12.1 Å². The molecule has 10 rings (SSSR count). The molecule has 0 unspecified atom stereocenters. The molecule has 58 heavy (non-hydrogen) atoms. The Morgan fingerprint density at radius 1 is 0.552 bits per heavy atom. The molecule has 0 saturated heterocycles. The van der Waals surface area contributed by atoms with E-state index in [0.717, 1.165) is 11.8 Å². The summed E-state index contributed by atoms with van der Waals surface area (Å²) in [4.78, 5) is 0. The van der Waals surface area contributed by atoms with Gasteiger partial charge < -0.3 is 14.9 Å². The fourth-order valence-corrected chi connectivity index (χ4v) is 11.4. The van der Waals surface area contributed by atoms with Crippen molar-refractivity contribution in [1.29, 1.82) is 0 Å². The molecule has 0 aromatic heterocycles. The Labute approximate surface area is 381 Å². The van der Waals surface area contributed by atoms with Gasteiger partial charge in [0.15, 0.2) is 0 Å². The monoisotopic (exact) mass is 902 g/mol. The quantitative estimate of drug-likeness (QED) is 0.105. The van der Waals surface area contributed by atoms with Crippen LogP contribution in [0.2, 0.25) is 0 Å². The Bertz CT molecular complexity index is 2030. The molecular formula is C54H66Cl2SiZr-4. The summed E-state index contributed by atoms with van der Waals surface area (Å²) < 4.78 is 0. The Morgan fingerprint density at radius 2 is 0.897 bits per heavy atom. The fourth-order valence-electron chi connectivity index (χ4n) is 11.4. The van der Waals surface area contributed by atoms with Crippen molar-refractivity contribution in [3.63, 3.8) is 0 Å². The minimum atomic E-state index is 0. The van der Waals surface area contributed by atoms with Gasteiger partial charge in [0.2, 0.25) is 0 Å². The molecule has 0 amide bonds. The molecular weight excluding hydrogens is 839 g/mol. The maximum atomic E-state index is 3.06. The van der Waals surface area contributed by atoms with E-state index in [9.17, 15) is 0 Å². The number of halogens is 2. The molecule has 6 aromatic carbocycles. The third-order valence-corrected chi connectivity index (χ3v) is 14.3. The first kappa shape index (κ1) is 48.4. The van der Waals surface area contributed by atoms with E-state index in [2.05, 4.69) is 144 Å². The van der Waals surface area contributed by atoms with Crippen LogP contribution in [-0.2, 0) is 36.2 Å². The van der Waals surface area contributed by atoms with Crippen LogP contribution in [-0.4, -0.2) is 6.88 Å². The zero-order valence-corrected chi connectivity index (χ0v) is 41.1. The van der Waals surface area contributed by atoms with Crippen LogP contribution in [0.1, 0.15) is 126 Å². The van der Waals surface area contributed by atoms with Gasteiger partial charge >= 0.3 is 30.2 Å². The molecule has 0 spiro atoms. The van der Waals surface area contributed by atoms with E-state index in [-0.39, 0.29) is 39.7 Å². The Kier molecular flexibility index (Phi) is 17.2. The van der Waals surface area contributed by atoms with Gasteiger partial charge in [-0.3, -0.25) is 0 Å². The number of hydrogen-bond donors (Lipinski definition) is 0. The summed E-state index contributed by atoms with van der Waals surface area (Å²) in [5.74, 6) is 3.25. The van der Waals surface area contributed by atoms with Crippen LogP contribution in [0.25, 0.3) is 43.8 Å². The predicted molar refractivity (Wildman–Crippen MR) is 257 cm³/mol. The van der Waals surface area contributed by atoms with Crippen molar-refractivity contribution in [2.75, 3.05) is 0 Å². The second kappa shape index (κ2) is 20.6. The first-order chi connectivity index (χ1) is 26.2. The van der Waals surface area contributed by atoms with E-state index >= 15 is 0 Å². The van der Waals surface area contributed by atoms with E-state index < -0.39 is 0 Å². The average molecular weight is 905 g/mol. The molecule has 308 valence electrons. The van der Waals surface area contributed by atoms with Crippen LogP contribution in [0.5, 0.6) is 0 Å². The second-order valence-electron chi connectivity index (χ2n) is 18.5. The van der Waals surface area contributed by atoms with Gasteiger partial charge in [0.1, 0.15) is 0 Å². The first-order valence-corrected chi connectivity index (χ1v) is 25.2. The van der Waals surface area contributed by atoms with Crippen molar-refractivity contribution >= 4 is 53.2 Å². The Morgan fingerprint density at radius 3 is 1.19 bits per heavy atom. The van der Waals surface area contributed by atoms with Crippen molar-refractivity contribution in [3.05, 3.63) is 146 Å². The van der Waals surface area contributed by atoms with Gasteiger partial charge in [-0.1, -0.05) is 99.5 Å². The molecule has 0 atom stereocenters. The zero-order chi connectivity index (χ0) is 37.5. The molecule has 4 heteroatoms. The number of benzene rings is 4. The summed E-state index contributed by atoms with van der Waals surface area (Å²) in [5.41, 5.74) is 12.7. The molecule has 0 heterocycles. The molecule has 4 aliphatic rings. The van der Waals surface area contributed by atoms with Crippen molar-refractivity contribution in [2.45, 2.75) is 117 Å². The van der Waals surface area contributed by atoms with E-state index in [1.54, 1.807) is 11.1 Å². The molecule has 4 fully saturated rings. The molecule has 6 aromatic rings. The molecule has 0 aliphatic heterocycles. The summed E-state index contributed by atoms with van der Waals surface area (Å²) in [6.07, 6.45) is 17.3. The SMILES string of the molecule is CC(C)c1ccc(-c2cccc3[cH-]c(CC45CCC(CC4)C5)cc23)cc1.CC(C)c1ccc(-c2cccc3[cH-]c(CC45CCC(CC4)C5)cc23)cc1.Cl.Cl.[CH3-].[CH3-].[Si]=[Zr]. The predicted octanol–water partition coefficient (Wildman–Crippen LogP) is 16.3. The van der Waals surface area contributed by atoms with Crippen LogP contribution in [0.4, 0.5) is 0 Å². The molecule has 4 bridgehead atoms. The molecule has 0 nitrogen and oxygen atoms in total. The van der Waals surface area contributed by atoms with Gasteiger partial charge in [-0.25, -0.2) is 0 Å². The van der Waals surface area contributed by atoms with Crippen LogP contribution in [0.15, 0.2) is 109 Å². The topological polar surface area (TPSA) is 0 Å². The minimum absolute atomic E-state index is 0. The Hall–Kier alpha value is -2.22. The van der Waals surface area contributed by atoms with Gasteiger partial charge in [-0.05, 0) is 134 Å². The Balaban J connectivity index is 0.000000231. The van der Waals surface area contributed by atoms with Crippen molar-refractivity contribution < 1.29 is 23.3 Å². The van der Waals surface area contributed by atoms with Crippen LogP contribution >= 0.6 is 24.8 Å². The van der Waals surface area contributed by atoms with Crippen LogP contribution < -0.4 is 0 Å². The molecule has 4 aliphatic carbocycles. The molecule has 0 N–H and O–H groups in total. The number of rotatable bonds is 8. The number of fused-ring (bicyclic) bond motifs is 6. The van der Waals surface area contributed by atoms with Gasteiger partial charge in [-0.15, -0.1) is 93.9 Å².